The minimum Gasteiger partial charge on any atom is -0.393 e. The van der Waals surface area contributed by atoms with Crippen molar-refractivity contribution in [3.8, 4) is 10.6 Å². The molecule has 6 nitrogen and oxygen atoms in total. The molecule has 138 valence electrons. The second kappa shape index (κ2) is 6.90. The second-order valence-electron chi connectivity index (χ2n) is 7.21. The zero-order chi connectivity index (χ0) is 18.2. The van der Waals surface area contributed by atoms with Crippen molar-refractivity contribution in [1.82, 2.24) is 15.0 Å². The smallest absolute Gasteiger partial charge is 0.224 e. The molecule has 5 rings (SSSR count). The Morgan fingerprint density at radius 3 is 2.81 bits per heavy atom. The minimum atomic E-state index is -0.144. The molecule has 1 saturated carbocycles. The van der Waals surface area contributed by atoms with E-state index in [-0.39, 0.29) is 6.10 Å². The summed E-state index contributed by atoms with van der Waals surface area (Å²) in [7, 11) is 0. The van der Waals surface area contributed by atoms with Crippen LogP contribution in [0.3, 0.4) is 0 Å². The van der Waals surface area contributed by atoms with Crippen molar-refractivity contribution in [1.29, 1.82) is 0 Å². The molecule has 0 amide bonds. The van der Waals surface area contributed by atoms with Gasteiger partial charge in [-0.2, -0.15) is 4.98 Å². The Morgan fingerprint density at radius 2 is 2.04 bits per heavy atom. The number of aliphatic hydroxyl groups excluding tert-OH is 1. The molecule has 2 bridgehead atoms. The van der Waals surface area contributed by atoms with E-state index in [0.717, 1.165) is 41.5 Å². The molecule has 27 heavy (non-hydrogen) atoms. The van der Waals surface area contributed by atoms with Crippen molar-refractivity contribution in [2.75, 3.05) is 16.8 Å². The first-order valence-corrected chi connectivity index (χ1v) is 10.2. The summed E-state index contributed by atoms with van der Waals surface area (Å²) in [6, 6.07) is 12.6. The van der Waals surface area contributed by atoms with Crippen molar-refractivity contribution < 1.29 is 5.11 Å². The van der Waals surface area contributed by atoms with E-state index >= 15 is 0 Å². The number of piperidine rings is 1. The van der Waals surface area contributed by atoms with E-state index in [1.165, 1.54) is 0 Å². The van der Waals surface area contributed by atoms with Gasteiger partial charge in [0.25, 0.3) is 0 Å². The van der Waals surface area contributed by atoms with E-state index in [1.54, 1.807) is 17.5 Å². The fraction of sp³-hybridized carbons (Fsp3) is 0.350. The highest BCUT2D eigenvalue weighted by Crippen LogP contribution is 2.39. The Bertz CT molecular complexity index is 929. The lowest BCUT2D eigenvalue weighted by atomic mass is 10.1. The van der Waals surface area contributed by atoms with Gasteiger partial charge in [-0.1, -0.05) is 30.3 Å². The lowest BCUT2D eigenvalue weighted by Crippen LogP contribution is -2.38. The summed E-state index contributed by atoms with van der Waals surface area (Å²) in [4.78, 5) is 16.0. The largest absolute Gasteiger partial charge is 0.393 e. The number of benzene rings is 1. The fourth-order valence-electron chi connectivity index (χ4n) is 4.07. The van der Waals surface area contributed by atoms with Gasteiger partial charge in [-0.3, -0.25) is 0 Å². The van der Waals surface area contributed by atoms with Crippen molar-refractivity contribution in [3.63, 3.8) is 0 Å². The second-order valence-corrected chi connectivity index (χ2v) is 8.07. The zero-order valence-electron chi connectivity index (χ0n) is 14.8. The summed E-state index contributed by atoms with van der Waals surface area (Å²) in [5, 5.41) is 16.3. The molecule has 3 aromatic rings. The number of aliphatic hydroxyl groups is 1. The molecular weight excluding hydrogens is 358 g/mol. The monoisotopic (exact) mass is 379 g/mol. The number of nitrogens with zero attached hydrogens (tertiary/aromatic N) is 4. The molecule has 2 aliphatic rings. The predicted octanol–water partition coefficient (Wildman–Crippen LogP) is 3.17. The number of nitrogens with one attached hydrogen (secondary N) is 1. The quantitative estimate of drug-likeness (QED) is 0.709. The van der Waals surface area contributed by atoms with Crippen LogP contribution in [0, 0.1) is 5.92 Å². The van der Waals surface area contributed by atoms with E-state index < -0.39 is 0 Å². The van der Waals surface area contributed by atoms with Crippen LogP contribution in [0.4, 0.5) is 11.8 Å². The average molecular weight is 379 g/mol. The third-order valence-corrected chi connectivity index (χ3v) is 6.38. The molecule has 1 aliphatic carbocycles. The van der Waals surface area contributed by atoms with Gasteiger partial charge in [0.2, 0.25) is 5.95 Å². The maximum absolute atomic E-state index is 9.96. The maximum atomic E-state index is 9.96. The van der Waals surface area contributed by atoms with Gasteiger partial charge in [0.1, 0.15) is 10.8 Å². The van der Waals surface area contributed by atoms with Gasteiger partial charge in [-0.25, -0.2) is 9.97 Å². The number of anilines is 2. The number of hydrogen-bond donors (Lipinski definition) is 2. The first-order chi connectivity index (χ1) is 13.3. The first-order valence-electron chi connectivity index (χ1n) is 9.28. The number of hydrogen-bond acceptors (Lipinski definition) is 7. The van der Waals surface area contributed by atoms with Crippen LogP contribution in [-0.4, -0.2) is 38.7 Å². The molecule has 2 N–H and O–H groups in total. The normalized spacial score (nSPS) is 23.7. The molecular formula is C20H21N5OS. The molecule has 1 aromatic carbocycles. The zero-order valence-corrected chi connectivity index (χ0v) is 15.6. The lowest BCUT2D eigenvalue weighted by Gasteiger charge is -2.30. The number of aromatic nitrogens is 3. The third kappa shape index (κ3) is 3.28. The van der Waals surface area contributed by atoms with Crippen LogP contribution in [-0.2, 0) is 6.54 Å². The highest BCUT2D eigenvalue weighted by molar-refractivity contribution is 7.13. The molecule has 3 heterocycles. The van der Waals surface area contributed by atoms with Crippen LogP contribution < -0.4 is 10.2 Å². The third-order valence-electron chi connectivity index (χ3n) is 5.44. The highest BCUT2D eigenvalue weighted by atomic mass is 32.1. The van der Waals surface area contributed by atoms with E-state index in [1.807, 2.05) is 24.3 Å². The van der Waals surface area contributed by atoms with Gasteiger partial charge in [0.15, 0.2) is 0 Å². The van der Waals surface area contributed by atoms with Crippen LogP contribution in [0.5, 0.6) is 0 Å². The van der Waals surface area contributed by atoms with E-state index in [9.17, 15) is 5.11 Å². The van der Waals surface area contributed by atoms with Gasteiger partial charge in [-0.05, 0) is 18.9 Å². The van der Waals surface area contributed by atoms with Gasteiger partial charge < -0.3 is 15.3 Å². The summed E-state index contributed by atoms with van der Waals surface area (Å²) in [6.45, 7) is 1.48. The molecule has 1 saturated heterocycles. The SMILES string of the molecule is OC1CC2CC1CN2c1ccnc(NCc2csc(-c3ccccc3)n2)n1. The lowest BCUT2D eigenvalue weighted by molar-refractivity contribution is 0.127. The number of thiazole rings is 1. The Kier molecular flexibility index (Phi) is 4.26. The Balaban J connectivity index is 1.25. The van der Waals surface area contributed by atoms with Crippen LogP contribution in [0.1, 0.15) is 18.5 Å². The van der Waals surface area contributed by atoms with Crippen molar-refractivity contribution in [3.05, 3.63) is 53.7 Å². The predicted molar refractivity (Wildman–Crippen MR) is 107 cm³/mol. The minimum absolute atomic E-state index is 0.144. The Hall–Kier alpha value is -2.51. The molecule has 0 spiro atoms. The highest BCUT2D eigenvalue weighted by Gasteiger charge is 2.44. The van der Waals surface area contributed by atoms with Gasteiger partial charge in [0, 0.05) is 35.6 Å². The first kappa shape index (κ1) is 16.6. The summed E-state index contributed by atoms with van der Waals surface area (Å²) in [5.41, 5.74) is 2.12. The summed E-state index contributed by atoms with van der Waals surface area (Å²) >= 11 is 1.65. The molecule has 3 unspecified atom stereocenters. The maximum Gasteiger partial charge on any atom is 0.224 e. The fourth-order valence-corrected chi connectivity index (χ4v) is 4.90. The van der Waals surface area contributed by atoms with Gasteiger partial charge in [0.05, 0.1) is 18.3 Å². The summed E-state index contributed by atoms with van der Waals surface area (Å²) in [6.07, 6.45) is 3.56. The van der Waals surface area contributed by atoms with E-state index in [0.29, 0.717) is 24.5 Å². The van der Waals surface area contributed by atoms with E-state index in [4.69, 9.17) is 4.98 Å². The topological polar surface area (TPSA) is 74.2 Å². The van der Waals surface area contributed by atoms with Gasteiger partial charge >= 0.3 is 0 Å². The average Bonchev–Trinajstić information content (AvgIpc) is 3.43. The molecule has 7 heteroatoms. The Labute approximate surface area is 161 Å². The van der Waals surface area contributed by atoms with Crippen LogP contribution >= 0.6 is 11.3 Å². The summed E-state index contributed by atoms with van der Waals surface area (Å²) in [5.74, 6) is 1.94. The number of fused-ring (bicyclic) bond motifs is 2. The van der Waals surface area contributed by atoms with Crippen molar-refractivity contribution >= 4 is 23.1 Å². The standard InChI is InChI=1S/C20H21N5OS/c26-17-9-16-8-14(17)11-25(16)18-6-7-21-20(24-18)22-10-15-12-27-19(23-15)13-4-2-1-3-5-13/h1-7,12,14,16-17,26H,8-11H2,(H,21,22,24). The number of rotatable bonds is 5. The van der Waals surface area contributed by atoms with Crippen molar-refractivity contribution in [2.24, 2.45) is 5.92 Å². The van der Waals surface area contributed by atoms with Crippen LogP contribution in [0.2, 0.25) is 0 Å². The molecule has 0 radical (unpaired) electrons. The Morgan fingerprint density at radius 1 is 1.15 bits per heavy atom. The van der Waals surface area contributed by atoms with Crippen molar-refractivity contribution in [2.45, 2.75) is 31.5 Å². The summed E-state index contributed by atoms with van der Waals surface area (Å²) < 4.78 is 0. The van der Waals surface area contributed by atoms with Crippen LogP contribution in [0.15, 0.2) is 48.0 Å². The molecule has 2 aromatic heterocycles. The molecule has 3 atom stereocenters. The molecule has 2 fully saturated rings. The van der Waals surface area contributed by atoms with Crippen LogP contribution in [0.25, 0.3) is 10.6 Å². The van der Waals surface area contributed by atoms with E-state index in [2.05, 4.69) is 37.7 Å². The molecule has 1 aliphatic heterocycles. The van der Waals surface area contributed by atoms with Gasteiger partial charge in [-0.15, -0.1) is 11.3 Å².